The van der Waals surface area contributed by atoms with Gasteiger partial charge in [-0.25, -0.2) is 8.42 Å². The van der Waals surface area contributed by atoms with Gasteiger partial charge in [0, 0.05) is 28.8 Å². The molecule has 0 radical (unpaired) electrons. The Bertz CT molecular complexity index is 615. The SMILES string of the molecule is CC(CNC(=O)C(N)CCS(C)(=O)=O)c1c(Cl)cccc1Cl. The maximum absolute atomic E-state index is 11.9. The van der Waals surface area contributed by atoms with Crippen molar-refractivity contribution >= 4 is 38.9 Å². The molecule has 1 rings (SSSR count). The number of amides is 1. The van der Waals surface area contributed by atoms with E-state index in [1.165, 1.54) is 0 Å². The molecule has 22 heavy (non-hydrogen) atoms. The lowest BCUT2D eigenvalue weighted by molar-refractivity contribution is -0.122. The predicted octanol–water partition coefficient (Wildman–Crippen LogP) is 1.98. The smallest absolute Gasteiger partial charge is 0.236 e. The standard InChI is InChI=1S/C14H20Cl2N2O3S/c1-9(13-10(15)4-3-5-11(13)16)8-18-14(19)12(17)6-7-22(2,20)21/h3-5,9,12H,6-8,17H2,1-2H3,(H,18,19). The van der Waals surface area contributed by atoms with E-state index in [0.717, 1.165) is 11.8 Å². The number of carbonyl (C=O) groups is 1. The van der Waals surface area contributed by atoms with Crippen molar-refractivity contribution in [2.75, 3.05) is 18.6 Å². The fourth-order valence-corrected chi connectivity index (χ4v) is 3.39. The first kappa shape index (κ1) is 19.2. The Kier molecular flexibility index (Phi) is 7.12. The molecule has 0 saturated carbocycles. The van der Waals surface area contributed by atoms with Gasteiger partial charge in [-0.15, -0.1) is 0 Å². The Balaban J connectivity index is 2.56. The van der Waals surface area contributed by atoms with Crippen LogP contribution in [-0.2, 0) is 14.6 Å². The number of rotatable bonds is 7. The highest BCUT2D eigenvalue weighted by molar-refractivity contribution is 7.90. The van der Waals surface area contributed by atoms with E-state index in [0.29, 0.717) is 16.6 Å². The molecule has 124 valence electrons. The van der Waals surface area contributed by atoms with Crippen LogP contribution in [0.15, 0.2) is 18.2 Å². The fraction of sp³-hybridized carbons (Fsp3) is 0.500. The van der Waals surface area contributed by atoms with E-state index < -0.39 is 21.8 Å². The minimum Gasteiger partial charge on any atom is -0.354 e. The van der Waals surface area contributed by atoms with E-state index in [1.54, 1.807) is 18.2 Å². The summed E-state index contributed by atoms with van der Waals surface area (Å²) >= 11 is 12.2. The second-order valence-corrected chi connectivity index (χ2v) is 8.38. The average Bonchev–Trinajstić information content (AvgIpc) is 2.41. The van der Waals surface area contributed by atoms with Gasteiger partial charge in [-0.05, 0) is 24.1 Å². The second kappa shape index (κ2) is 8.15. The number of hydrogen-bond acceptors (Lipinski definition) is 4. The molecule has 0 bridgehead atoms. The van der Waals surface area contributed by atoms with Crippen LogP contribution in [0.3, 0.4) is 0 Å². The van der Waals surface area contributed by atoms with Crippen LogP contribution in [0.25, 0.3) is 0 Å². The van der Waals surface area contributed by atoms with Crippen LogP contribution in [0, 0.1) is 0 Å². The monoisotopic (exact) mass is 366 g/mol. The molecule has 1 aromatic carbocycles. The molecule has 1 aromatic rings. The van der Waals surface area contributed by atoms with Gasteiger partial charge < -0.3 is 11.1 Å². The Hall–Kier alpha value is -0.820. The van der Waals surface area contributed by atoms with Crippen LogP contribution in [-0.4, -0.2) is 38.9 Å². The highest BCUT2D eigenvalue weighted by atomic mass is 35.5. The van der Waals surface area contributed by atoms with E-state index in [4.69, 9.17) is 28.9 Å². The van der Waals surface area contributed by atoms with Crippen LogP contribution in [0.1, 0.15) is 24.8 Å². The number of nitrogens with one attached hydrogen (secondary N) is 1. The summed E-state index contributed by atoms with van der Waals surface area (Å²) in [6, 6.07) is 4.36. The molecule has 0 aromatic heterocycles. The lowest BCUT2D eigenvalue weighted by atomic mass is 10.0. The van der Waals surface area contributed by atoms with E-state index in [2.05, 4.69) is 5.32 Å². The van der Waals surface area contributed by atoms with Crippen molar-refractivity contribution in [1.82, 2.24) is 5.32 Å². The zero-order valence-corrected chi connectivity index (χ0v) is 14.8. The summed E-state index contributed by atoms with van der Waals surface area (Å²) in [7, 11) is -3.13. The van der Waals surface area contributed by atoms with Crippen molar-refractivity contribution in [2.24, 2.45) is 5.73 Å². The molecule has 0 spiro atoms. The average molecular weight is 367 g/mol. The molecule has 0 aliphatic rings. The Morgan fingerprint density at radius 2 is 1.86 bits per heavy atom. The van der Waals surface area contributed by atoms with Crippen molar-refractivity contribution < 1.29 is 13.2 Å². The normalized spacial score (nSPS) is 14.4. The Morgan fingerprint density at radius 3 is 2.36 bits per heavy atom. The van der Waals surface area contributed by atoms with Gasteiger partial charge in [0.25, 0.3) is 0 Å². The molecular weight excluding hydrogens is 347 g/mol. The maximum Gasteiger partial charge on any atom is 0.236 e. The van der Waals surface area contributed by atoms with E-state index in [-0.39, 0.29) is 18.1 Å². The van der Waals surface area contributed by atoms with Crippen molar-refractivity contribution in [2.45, 2.75) is 25.3 Å². The first-order chi connectivity index (χ1) is 10.1. The maximum atomic E-state index is 11.9. The number of nitrogens with two attached hydrogens (primary N) is 1. The Labute approximate surface area is 141 Å². The topological polar surface area (TPSA) is 89.3 Å². The van der Waals surface area contributed by atoms with Crippen LogP contribution in [0.2, 0.25) is 10.0 Å². The first-order valence-corrected chi connectivity index (χ1v) is 9.58. The molecular formula is C14H20Cl2N2O3S. The van der Waals surface area contributed by atoms with Gasteiger partial charge in [0.15, 0.2) is 0 Å². The van der Waals surface area contributed by atoms with Crippen LogP contribution in [0.4, 0.5) is 0 Å². The van der Waals surface area contributed by atoms with Gasteiger partial charge in [-0.3, -0.25) is 4.79 Å². The van der Waals surface area contributed by atoms with Gasteiger partial charge in [0.2, 0.25) is 5.91 Å². The minimum absolute atomic E-state index is 0.0892. The lowest BCUT2D eigenvalue weighted by Crippen LogP contribution is -2.42. The van der Waals surface area contributed by atoms with Gasteiger partial charge in [0.05, 0.1) is 11.8 Å². The molecule has 3 N–H and O–H groups in total. The summed E-state index contributed by atoms with van der Waals surface area (Å²) < 4.78 is 22.1. The van der Waals surface area contributed by atoms with Crippen molar-refractivity contribution in [1.29, 1.82) is 0 Å². The molecule has 1 amide bonds. The molecule has 2 unspecified atom stereocenters. The van der Waals surface area contributed by atoms with Crippen molar-refractivity contribution in [3.63, 3.8) is 0 Å². The van der Waals surface area contributed by atoms with E-state index in [9.17, 15) is 13.2 Å². The first-order valence-electron chi connectivity index (χ1n) is 6.76. The summed E-state index contributed by atoms with van der Waals surface area (Å²) in [6.07, 6.45) is 1.20. The molecule has 0 saturated heterocycles. The summed E-state index contributed by atoms with van der Waals surface area (Å²) in [4.78, 5) is 11.9. The number of hydrogen-bond donors (Lipinski definition) is 2. The summed E-state index contributed by atoms with van der Waals surface area (Å²) in [5, 5.41) is 3.77. The Morgan fingerprint density at radius 1 is 1.32 bits per heavy atom. The molecule has 0 fully saturated rings. The van der Waals surface area contributed by atoms with Gasteiger partial charge in [-0.1, -0.05) is 36.2 Å². The quantitative estimate of drug-likeness (QED) is 0.771. The molecule has 8 heteroatoms. The van der Waals surface area contributed by atoms with Gasteiger partial charge in [0.1, 0.15) is 9.84 Å². The van der Waals surface area contributed by atoms with Crippen LogP contribution in [0.5, 0.6) is 0 Å². The third-order valence-electron chi connectivity index (χ3n) is 3.21. The van der Waals surface area contributed by atoms with E-state index >= 15 is 0 Å². The van der Waals surface area contributed by atoms with Crippen molar-refractivity contribution in [3.05, 3.63) is 33.8 Å². The van der Waals surface area contributed by atoms with E-state index in [1.807, 2.05) is 6.92 Å². The third kappa shape index (κ3) is 6.12. The number of benzene rings is 1. The summed E-state index contributed by atoms with van der Waals surface area (Å²) in [5.74, 6) is -0.598. The number of halogens is 2. The van der Waals surface area contributed by atoms with Crippen LogP contribution < -0.4 is 11.1 Å². The second-order valence-electron chi connectivity index (χ2n) is 5.31. The highest BCUT2D eigenvalue weighted by Crippen LogP contribution is 2.30. The number of carbonyl (C=O) groups excluding carboxylic acids is 1. The van der Waals surface area contributed by atoms with Gasteiger partial charge >= 0.3 is 0 Å². The third-order valence-corrected chi connectivity index (χ3v) is 4.85. The summed E-state index contributed by atoms with van der Waals surface area (Å²) in [6.45, 7) is 2.20. The molecule has 2 atom stereocenters. The fourth-order valence-electron chi connectivity index (χ4n) is 1.94. The number of sulfone groups is 1. The minimum atomic E-state index is -3.13. The molecule has 0 heterocycles. The largest absolute Gasteiger partial charge is 0.354 e. The zero-order valence-electron chi connectivity index (χ0n) is 12.5. The predicted molar refractivity (Wildman–Crippen MR) is 90.2 cm³/mol. The highest BCUT2D eigenvalue weighted by Gasteiger charge is 2.18. The van der Waals surface area contributed by atoms with Crippen LogP contribution >= 0.6 is 23.2 Å². The van der Waals surface area contributed by atoms with Gasteiger partial charge in [-0.2, -0.15) is 0 Å². The molecule has 0 aliphatic carbocycles. The zero-order chi connectivity index (χ0) is 16.9. The molecule has 0 aliphatic heterocycles. The molecule has 5 nitrogen and oxygen atoms in total. The summed E-state index contributed by atoms with van der Waals surface area (Å²) in [5.41, 5.74) is 6.44. The van der Waals surface area contributed by atoms with Crippen molar-refractivity contribution in [3.8, 4) is 0 Å². The lowest BCUT2D eigenvalue weighted by Gasteiger charge is -2.18.